The molecule has 0 aliphatic carbocycles. The van der Waals surface area contributed by atoms with Crippen molar-refractivity contribution in [2.45, 2.75) is 18.9 Å². The van der Waals surface area contributed by atoms with Gasteiger partial charge >= 0.3 is 0 Å². The molecule has 2 aliphatic rings. The van der Waals surface area contributed by atoms with E-state index in [9.17, 15) is 4.79 Å². The van der Waals surface area contributed by atoms with Gasteiger partial charge in [0.15, 0.2) is 0 Å². The summed E-state index contributed by atoms with van der Waals surface area (Å²) in [6.45, 7) is 1.64. The monoisotopic (exact) mass is 329 g/mol. The van der Waals surface area contributed by atoms with Gasteiger partial charge in [-0.05, 0) is 42.0 Å². The third-order valence-electron chi connectivity index (χ3n) is 5.40. The molecule has 2 aliphatic heterocycles. The Labute approximate surface area is 146 Å². The summed E-state index contributed by atoms with van der Waals surface area (Å²) in [4.78, 5) is 21.6. The molecule has 25 heavy (non-hydrogen) atoms. The lowest BCUT2D eigenvalue weighted by atomic mass is 10.1. The van der Waals surface area contributed by atoms with E-state index in [1.54, 1.807) is 0 Å². The van der Waals surface area contributed by atoms with Crippen LogP contribution in [-0.2, 0) is 0 Å². The fraction of sp³-hybridized carbons (Fsp3) is 0.238. The SMILES string of the molecule is O=C1c2cccc3cccc(c23)N1CN1CCC[C@H]1c1cccnc1. The zero-order valence-corrected chi connectivity index (χ0v) is 13.9. The molecule has 1 fully saturated rings. The van der Waals surface area contributed by atoms with E-state index in [-0.39, 0.29) is 5.91 Å². The summed E-state index contributed by atoms with van der Waals surface area (Å²) in [6.07, 6.45) is 6.03. The maximum atomic E-state index is 13.0. The van der Waals surface area contributed by atoms with Crippen LogP contribution < -0.4 is 4.90 Å². The predicted molar refractivity (Wildman–Crippen MR) is 98.5 cm³/mol. The van der Waals surface area contributed by atoms with E-state index in [4.69, 9.17) is 0 Å². The van der Waals surface area contributed by atoms with Crippen molar-refractivity contribution in [3.8, 4) is 0 Å². The maximum Gasteiger partial charge on any atom is 0.260 e. The van der Waals surface area contributed by atoms with Gasteiger partial charge < -0.3 is 0 Å². The fourth-order valence-electron chi connectivity index (χ4n) is 4.25. The number of pyridine rings is 1. The zero-order chi connectivity index (χ0) is 16.8. The fourth-order valence-corrected chi connectivity index (χ4v) is 4.25. The Kier molecular flexibility index (Phi) is 3.31. The van der Waals surface area contributed by atoms with Gasteiger partial charge in [0.1, 0.15) is 0 Å². The van der Waals surface area contributed by atoms with Gasteiger partial charge in [0.05, 0.1) is 12.4 Å². The summed E-state index contributed by atoms with van der Waals surface area (Å²) in [5.41, 5.74) is 3.10. The molecule has 1 atom stereocenters. The highest BCUT2D eigenvalue weighted by Crippen LogP contribution is 2.39. The van der Waals surface area contributed by atoms with Crippen LogP contribution >= 0.6 is 0 Å². The van der Waals surface area contributed by atoms with E-state index in [2.05, 4.69) is 34.1 Å². The van der Waals surface area contributed by atoms with Gasteiger partial charge in [-0.15, -0.1) is 0 Å². The number of benzene rings is 2. The molecule has 4 nitrogen and oxygen atoms in total. The molecule has 0 bridgehead atoms. The largest absolute Gasteiger partial charge is 0.294 e. The number of carbonyl (C=O) groups excluding carboxylic acids is 1. The quantitative estimate of drug-likeness (QED) is 0.729. The first-order valence-electron chi connectivity index (χ1n) is 8.80. The van der Waals surface area contributed by atoms with E-state index in [0.29, 0.717) is 12.7 Å². The standard InChI is InChI=1S/C21H19N3O/c25-21-17-8-1-5-15-6-2-9-19(20(15)17)24(21)14-23-12-4-10-18(23)16-7-3-11-22-13-16/h1-3,5-9,11,13,18H,4,10,12,14H2/t18-/m0/s1. The highest BCUT2D eigenvalue weighted by Gasteiger charge is 2.34. The van der Waals surface area contributed by atoms with Gasteiger partial charge in [-0.1, -0.05) is 30.3 Å². The number of anilines is 1. The number of hydrogen-bond acceptors (Lipinski definition) is 3. The lowest BCUT2D eigenvalue weighted by Gasteiger charge is -2.29. The van der Waals surface area contributed by atoms with Crippen molar-refractivity contribution in [1.82, 2.24) is 9.88 Å². The molecule has 1 amide bonds. The van der Waals surface area contributed by atoms with Crippen molar-refractivity contribution >= 4 is 22.4 Å². The molecule has 0 saturated carbocycles. The Hall–Kier alpha value is -2.72. The van der Waals surface area contributed by atoms with Crippen LogP contribution in [0.3, 0.4) is 0 Å². The smallest absolute Gasteiger partial charge is 0.260 e. The Morgan fingerprint density at radius 1 is 1.08 bits per heavy atom. The van der Waals surface area contributed by atoms with Gasteiger partial charge in [0.2, 0.25) is 0 Å². The average Bonchev–Trinajstić information content (AvgIpc) is 3.23. The first-order valence-corrected chi connectivity index (χ1v) is 8.80. The Morgan fingerprint density at radius 2 is 1.96 bits per heavy atom. The summed E-state index contributed by atoms with van der Waals surface area (Å²) >= 11 is 0. The Morgan fingerprint density at radius 3 is 2.80 bits per heavy atom. The van der Waals surface area contributed by atoms with Crippen LogP contribution in [0.25, 0.3) is 10.8 Å². The van der Waals surface area contributed by atoms with E-state index >= 15 is 0 Å². The van der Waals surface area contributed by atoms with Crippen molar-refractivity contribution in [2.75, 3.05) is 18.1 Å². The van der Waals surface area contributed by atoms with Crippen molar-refractivity contribution in [3.63, 3.8) is 0 Å². The number of amides is 1. The second-order valence-corrected chi connectivity index (χ2v) is 6.81. The minimum absolute atomic E-state index is 0.114. The van der Waals surface area contributed by atoms with Crippen LogP contribution in [0.15, 0.2) is 60.9 Å². The summed E-state index contributed by atoms with van der Waals surface area (Å²) in [5, 5.41) is 2.23. The van der Waals surface area contributed by atoms with Crippen LogP contribution in [0.1, 0.15) is 34.8 Å². The molecule has 0 spiro atoms. The molecule has 3 heterocycles. The normalized spacial score (nSPS) is 19.9. The van der Waals surface area contributed by atoms with Crippen LogP contribution in [-0.4, -0.2) is 29.0 Å². The molecule has 3 aromatic rings. The summed E-state index contributed by atoms with van der Waals surface area (Å²) < 4.78 is 0. The molecular formula is C21H19N3O. The van der Waals surface area contributed by atoms with Crippen LogP contribution in [0.5, 0.6) is 0 Å². The molecule has 2 aromatic carbocycles. The van der Waals surface area contributed by atoms with Gasteiger partial charge in [-0.2, -0.15) is 0 Å². The average molecular weight is 329 g/mol. The Balaban J connectivity index is 1.49. The third kappa shape index (κ3) is 2.25. The highest BCUT2D eigenvalue weighted by molar-refractivity contribution is 6.24. The summed E-state index contributed by atoms with van der Waals surface area (Å²) in [6, 6.07) is 16.6. The molecule has 1 saturated heterocycles. The second kappa shape index (κ2) is 5.67. The van der Waals surface area contributed by atoms with Crippen LogP contribution in [0.4, 0.5) is 5.69 Å². The third-order valence-corrected chi connectivity index (χ3v) is 5.40. The highest BCUT2D eigenvalue weighted by atomic mass is 16.2. The van der Waals surface area contributed by atoms with Crippen LogP contribution in [0, 0.1) is 0 Å². The predicted octanol–water partition coefficient (Wildman–Crippen LogP) is 3.99. The number of carbonyl (C=O) groups is 1. The minimum Gasteiger partial charge on any atom is -0.294 e. The molecular weight excluding hydrogens is 310 g/mol. The Bertz CT molecular complexity index is 949. The second-order valence-electron chi connectivity index (χ2n) is 6.81. The van der Waals surface area contributed by atoms with E-state index in [1.807, 2.05) is 41.6 Å². The van der Waals surface area contributed by atoms with Gasteiger partial charge in [0.25, 0.3) is 5.91 Å². The number of aromatic nitrogens is 1. The first kappa shape index (κ1) is 14.6. The maximum absolute atomic E-state index is 13.0. The minimum atomic E-state index is 0.114. The zero-order valence-electron chi connectivity index (χ0n) is 13.9. The van der Waals surface area contributed by atoms with Crippen molar-refractivity contribution in [1.29, 1.82) is 0 Å². The van der Waals surface area contributed by atoms with Gasteiger partial charge in [-0.3, -0.25) is 19.6 Å². The van der Waals surface area contributed by atoms with E-state index in [1.165, 1.54) is 5.56 Å². The van der Waals surface area contributed by atoms with E-state index < -0.39 is 0 Å². The molecule has 4 heteroatoms. The summed E-state index contributed by atoms with van der Waals surface area (Å²) in [7, 11) is 0. The van der Waals surface area contributed by atoms with Crippen molar-refractivity contribution < 1.29 is 4.79 Å². The van der Waals surface area contributed by atoms with Gasteiger partial charge in [-0.25, -0.2) is 0 Å². The summed E-state index contributed by atoms with van der Waals surface area (Å²) in [5.74, 6) is 0.114. The lowest BCUT2D eigenvalue weighted by molar-refractivity contribution is 0.0971. The van der Waals surface area contributed by atoms with Crippen molar-refractivity contribution in [3.05, 3.63) is 72.1 Å². The van der Waals surface area contributed by atoms with Gasteiger partial charge in [0, 0.05) is 35.9 Å². The molecule has 1 aromatic heterocycles. The number of likely N-dealkylation sites (tertiary alicyclic amines) is 1. The molecule has 0 unspecified atom stereocenters. The lowest BCUT2D eigenvalue weighted by Crippen LogP contribution is -2.39. The number of nitrogens with zero attached hydrogens (tertiary/aromatic N) is 3. The van der Waals surface area contributed by atoms with Crippen LogP contribution in [0.2, 0.25) is 0 Å². The first-order chi connectivity index (χ1) is 12.3. The molecule has 0 N–H and O–H groups in total. The van der Waals surface area contributed by atoms with Crippen molar-refractivity contribution in [2.24, 2.45) is 0 Å². The molecule has 5 rings (SSSR count). The molecule has 124 valence electrons. The number of rotatable bonds is 3. The van der Waals surface area contributed by atoms with E-state index in [0.717, 1.165) is 41.4 Å². The number of hydrogen-bond donors (Lipinski definition) is 0. The topological polar surface area (TPSA) is 36.4 Å². The molecule has 0 radical (unpaired) electrons.